The lowest BCUT2D eigenvalue weighted by atomic mass is 10.1. The molecule has 2 aromatic rings. The first-order valence-corrected chi connectivity index (χ1v) is 9.52. The van der Waals surface area contributed by atoms with Crippen LogP contribution in [0.2, 0.25) is 0 Å². The van der Waals surface area contributed by atoms with Gasteiger partial charge in [0.05, 0.1) is 7.11 Å². The molecule has 0 bridgehead atoms. The summed E-state index contributed by atoms with van der Waals surface area (Å²) in [4.78, 5) is 16.2. The lowest BCUT2D eigenvalue weighted by Crippen LogP contribution is -2.37. The largest absolute Gasteiger partial charge is 0.496 e. The number of hydrogen-bond donors (Lipinski definition) is 3. The number of amides is 1. The molecule has 6 nitrogen and oxygen atoms in total. The first-order valence-electron chi connectivity index (χ1n) is 9.52. The summed E-state index contributed by atoms with van der Waals surface area (Å²) in [5.74, 6) is 1.58. The molecule has 0 aliphatic heterocycles. The molecule has 0 atom stereocenters. The molecule has 0 saturated carbocycles. The number of nitrogens with zero attached hydrogens (tertiary/aromatic N) is 1. The van der Waals surface area contributed by atoms with Crippen molar-refractivity contribution in [3.05, 3.63) is 64.7 Å². The number of aliphatic imine (C=N–C) groups is 1. The highest BCUT2D eigenvalue weighted by molar-refractivity contribution is 5.94. The van der Waals surface area contributed by atoms with E-state index in [0.717, 1.165) is 35.8 Å². The Bertz CT molecular complexity index is 818. The number of methoxy groups -OCH3 is 1. The molecule has 0 aromatic heterocycles. The Labute approximate surface area is 167 Å². The Morgan fingerprint density at radius 1 is 1.07 bits per heavy atom. The molecule has 0 saturated heterocycles. The minimum absolute atomic E-state index is 0.0552. The minimum atomic E-state index is -0.0552. The van der Waals surface area contributed by atoms with Crippen molar-refractivity contribution >= 4 is 11.9 Å². The number of hydrogen-bond acceptors (Lipinski definition) is 3. The van der Waals surface area contributed by atoms with E-state index in [2.05, 4.69) is 39.1 Å². The highest BCUT2D eigenvalue weighted by Crippen LogP contribution is 2.19. The Kier molecular flexibility index (Phi) is 8.34. The van der Waals surface area contributed by atoms with Crippen molar-refractivity contribution in [2.24, 2.45) is 4.99 Å². The molecule has 0 heterocycles. The first-order chi connectivity index (χ1) is 13.6. The van der Waals surface area contributed by atoms with Gasteiger partial charge < -0.3 is 20.7 Å². The molecule has 150 valence electrons. The topological polar surface area (TPSA) is 74.8 Å². The fourth-order valence-electron chi connectivity index (χ4n) is 2.84. The highest BCUT2D eigenvalue weighted by atomic mass is 16.5. The number of carbonyl (C=O) groups is 1. The summed E-state index contributed by atoms with van der Waals surface area (Å²) in [6, 6.07) is 13.8. The maximum Gasteiger partial charge on any atom is 0.251 e. The van der Waals surface area contributed by atoms with Gasteiger partial charge in [0.25, 0.3) is 5.91 Å². The van der Waals surface area contributed by atoms with Gasteiger partial charge in [-0.25, -0.2) is 0 Å². The van der Waals surface area contributed by atoms with Crippen molar-refractivity contribution < 1.29 is 9.53 Å². The smallest absolute Gasteiger partial charge is 0.251 e. The Morgan fingerprint density at radius 2 is 1.89 bits per heavy atom. The van der Waals surface area contributed by atoms with Crippen LogP contribution in [0.15, 0.2) is 47.5 Å². The second-order valence-electron chi connectivity index (χ2n) is 6.47. The van der Waals surface area contributed by atoms with Crippen LogP contribution < -0.4 is 20.7 Å². The number of rotatable bonds is 8. The van der Waals surface area contributed by atoms with Crippen LogP contribution in [-0.4, -0.2) is 39.1 Å². The predicted molar refractivity (Wildman–Crippen MR) is 114 cm³/mol. The third kappa shape index (κ3) is 6.30. The van der Waals surface area contributed by atoms with Gasteiger partial charge in [-0.1, -0.05) is 24.3 Å². The van der Waals surface area contributed by atoms with E-state index >= 15 is 0 Å². The fraction of sp³-hybridized carbons (Fsp3) is 0.364. The van der Waals surface area contributed by atoms with Crippen LogP contribution in [0, 0.1) is 6.92 Å². The van der Waals surface area contributed by atoms with Gasteiger partial charge in [-0.05, 0) is 55.2 Å². The summed E-state index contributed by atoms with van der Waals surface area (Å²) in [6.45, 7) is 5.90. The SMILES string of the molecule is CCNC(=O)c1cccc(CNC(=NC)NCCc2ccc(C)c(OC)c2)c1. The summed E-state index contributed by atoms with van der Waals surface area (Å²) in [6.07, 6.45) is 0.865. The second-order valence-corrected chi connectivity index (χ2v) is 6.47. The van der Waals surface area contributed by atoms with E-state index < -0.39 is 0 Å². The van der Waals surface area contributed by atoms with Crippen molar-refractivity contribution in [2.75, 3.05) is 27.2 Å². The van der Waals surface area contributed by atoms with Crippen LogP contribution in [-0.2, 0) is 13.0 Å². The molecule has 2 aromatic carbocycles. The molecule has 0 fully saturated rings. The van der Waals surface area contributed by atoms with Gasteiger partial charge in [-0.3, -0.25) is 9.79 Å². The molecule has 1 amide bonds. The lowest BCUT2D eigenvalue weighted by Gasteiger charge is -2.13. The van der Waals surface area contributed by atoms with Crippen LogP contribution in [0.3, 0.4) is 0 Å². The monoisotopic (exact) mass is 382 g/mol. The van der Waals surface area contributed by atoms with Crippen molar-refractivity contribution in [1.29, 1.82) is 0 Å². The van der Waals surface area contributed by atoms with Crippen molar-refractivity contribution in [1.82, 2.24) is 16.0 Å². The van der Waals surface area contributed by atoms with Crippen molar-refractivity contribution in [2.45, 2.75) is 26.8 Å². The van der Waals surface area contributed by atoms with E-state index in [1.54, 1.807) is 14.2 Å². The molecule has 6 heteroatoms. The number of aryl methyl sites for hydroxylation is 1. The zero-order chi connectivity index (χ0) is 20.4. The predicted octanol–water partition coefficient (Wildman–Crippen LogP) is 2.66. The molecule has 0 aliphatic carbocycles. The van der Waals surface area contributed by atoms with Gasteiger partial charge in [0.15, 0.2) is 5.96 Å². The van der Waals surface area contributed by atoms with Crippen LogP contribution in [0.5, 0.6) is 5.75 Å². The number of ether oxygens (including phenoxy) is 1. The summed E-state index contributed by atoms with van der Waals surface area (Å²) < 4.78 is 5.38. The van der Waals surface area contributed by atoms with E-state index in [0.29, 0.717) is 18.7 Å². The quantitative estimate of drug-likeness (QED) is 0.485. The van der Waals surface area contributed by atoms with E-state index in [1.807, 2.05) is 38.1 Å². The van der Waals surface area contributed by atoms with Gasteiger partial charge in [-0.2, -0.15) is 0 Å². The summed E-state index contributed by atoms with van der Waals surface area (Å²) in [5.41, 5.74) is 4.03. The van der Waals surface area contributed by atoms with Crippen LogP contribution in [0.1, 0.15) is 34.0 Å². The number of nitrogens with one attached hydrogen (secondary N) is 3. The summed E-state index contributed by atoms with van der Waals surface area (Å²) >= 11 is 0. The average Bonchev–Trinajstić information content (AvgIpc) is 2.72. The van der Waals surface area contributed by atoms with E-state index in [1.165, 1.54) is 5.56 Å². The third-order valence-electron chi connectivity index (χ3n) is 4.39. The number of benzene rings is 2. The standard InChI is InChI=1S/C22H30N4O2/c1-5-24-21(27)19-8-6-7-18(13-19)15-26-22(23-3)25-12-11-17-10-9-16(2)20(14-17)28-4/h6-10,13-14H,5,11-12,15H2,1-4H3,(H,24,27)(H2,23,25,26). The normalized spacial score (nSPS) is 11.1. The van der Waals surface area contributed by atoms with Crippen LogP contribution >= 0.6 is 0 Å². The maximum atomic E-state index is 12.0. The lowest BCUT2D eigenvalue weighted by molar-refractivity contribution is 0.0955. The van der Waals surface area contributed by atoms with Crippen molar-refractivity contribution in [3.8, 4) is 5.75 Å². The van der Waals surface area contributed by atoms with Gasteiger partial charge in [0.1, 0.15) is 5.75 Å². The van der Waals surface area contributed by atoms with E-state index in [9.17, 15) is 4.79 Å². The number of carbonyl (C=O) groups excluding carboxylic acids is 1. The highest BCUT2D eigenvalue weighted by Gasteiger charge is 2.06. The van der Waals surface area contributed by atoms with Gasteiger partial charge >= 0.3 is 0 Å². The second kappa shape index (κ2) is 11.0. The Balaban J connectivity index is 1.85. The zero-order valence-electron chi connectivity index (χ0n) is 17.1. The molecule has 0 unspecified atom stereocenters. The minimum Gasteiger partial charge on any atom is -0.496 e. The van der Waals surface area contributed by atoms with Gasteiger partial charge in [-0.15, -0.1) is 0 Å². The molecule has 2 rings (SSSR count). The maximum absolute atomic E-state index is 12.0. The molecule has 28 heavy (non-hydrogen) atoms. The zero-order valence-corrected chi connectivity index (χ0v) is 17.1. The molecule has 0 aliphatic rings. The first kappa shape index (κ1) is 21.3. The van der Waals surface area contributed by atoms with Crippen LogP contribution in [0.4, 0.5) is 0 Å². The molecule has 0 spiro atoms. The fourth-order valence-corrected chi connectivity index (χ4v) is 2.84. The molecular formula is C22H30N4O2. The van der Waals surface area contributed by atoms with Gasteiger partial charge in [0, 0.05) is 32.2 Å². The molecule has 3 N–H and O–H groups in total. The van der Waals surface area contributed by atoms with E-state index in [-0.39, 0.29) is 5.91 Å². The summed E-state index contributed by atoms with van der Waals surface area (Å²) in [7, 11) is 3.44. The van der Waals surface area contributed by atoms with Crippen LogP contribution in [0.25, 0.3) is 0 Å². The van der Waals surface area contributed by atoms with Crippen molar-refractivity contribution in [3.63, 3.8) is 0 Å². The molecule has 0 radical (unpaired) electrons. The Morgan fingerprint density at radius 3 is 2.61 bits per heavy atom. The average molecular weight is 383 g/mol. The summed E-state index contributed by atoms with van der Waals surface area (Å²) in [5, 5.41) is 9.42. The van der Waals surface area contributed by atoms with Gasteiger partial charge in [0.2, 0.25) is 0 Å². The Hall–Kier alpha value is -3.02. The molecular weight excluding hydrogens is 352 g/mol. The number of guanidine groups is 1. The third-order valence-corrected chi connectivity index (χ3v) is 4.39. The van der Waals surface area contributed by atoms with E-state index in [4.69, 9.17) is 4.74 Å².